The number of nitrogens with two attached hydrogens (primary N) is 4. The Labute approximate surface area is 110 Å². The van der Waals surface area contributed by atoms with E-state index < -0.39 is 35.7 Å². The average molecular weight is 273 g/mol. The van der Waals surface area contributed by atoms with Crippen LogP contribution < -0.4 is 28.3 Å². The third-order valence-electron chi connectivity index (χ3n) is 2.38. The monoisotopic (exact) mass is 273 g/mol. The van der Waals surface area contributed by atoms with Crippen molar-refractivity contribution in [2.75, 3.05) is 0 Å². The molecule has 9 nitrogen and oxygen atoms in total. The molecule has 0 unspecified atom stereocenters. The van der Waals surface area contributed by atoms with Gasteiger partial charge < -0.3 is 28.3 Å². The maximum absolute atomic E-state index is 11.6. The molecule has 0 saturated carbocycles. The van der Waals surface area contributed by atoms with Crippen LogP contribution in [0.4, 0.5) is 0 Å². The average Bonchev–Trinajstić information content (AvgIpc) is 2.30. The number of carbonyl (C=O) groups excluding carboxylic acids is 4. The minimum atomic E-state index is -1.03. The van der Waals surface area contributed by atoms with Gasteiger partial charge in [-0.05, 0) is 12.8 Å². The number of rotatable bonds is 9. The molecule has 2 atom stereocenters. The highest BCUT2D eigenvalue weighted by atomic mass is 16.2. The Bertz CT molecular complexity index is 371. The van der Waals surface area contributed by atoms with Gasteiger partial charge in [0.05, 0.1) is 6.04 Å². The molecule has 19 heavy (non-hydrogen) atoms. The molecule has 0 spiro atoms. The van der Waals surface area contributed by atoms with Crippen molar-refractivity contribution in [1.82, 2.24) is 5.32 Å². The SMILES string of the molecule is NC(=O)CC[C@H](NC(=O)[C@@H](N)CCC(N)=O)C(N)=O. The number of nitrogens with one attached hydrogen (secondary N) is 1. The van der Waals surface area contributed by atoms with Crippen LogP contribution in [0.5, 0.6) is 0 Å². The van der Waals surface area contributed by atoms with Gasteiger partial charge in [-0.3, -0.25) is 19.2 Å². The van der Waals surface area contributed by atoms with Crippen LogP contribution in [0.25, 0.3) is 0 Å². The Kier molecular flexibility index (Phi) is 7.12. The molecule has 9 N–H and O–H groups in total. The van der Waals surface area contributed by atoms with E-state index >= 15 is 0 Å². The van der Waals surface area contributed by atoms with Crippen LogP contribution in [0.15, 0.2) is 0 Å². The second kappa shape index (κ2) is 8.03. The summed E-state index contributed by atoms with van der Waals surface area (Å²) in [5, 5.41) is 2.30. The van der Waals surface area contributed by atoms with Crippen LogP contribution in [0.2, 0.25) is 0 Å². The van der Waals surface area contributed by atoms with E-state index in [1.54, 1.807) is 0 Å². The molecule has 0 aromatic heterocycles. The van der Waals surface area contributed by atoms with Gasteiger partial charge in [0, 0.05) is 12.8 Å². The molecule has 0 heterocycles. The van der Waals surface area contributed by atoms with Gasteiger partial charge in [0.25, 0.3) is 0 Å². The van der Waals surface area contributed by atoms with Crippen molar-refractivity contribution in [3.05, 3.63) is 0 Å². The van der Waals surface area contributed by atoms with Gasteiger partial charge in [-0.25, -0.2) is 0 Å². The molecule has 0 aromatic carbocycles. The second-order valence-electron chi connectivity index (χ2n) is 4.08. The molecular weight excluding hydrogens is 254 g/mol. The minimum Gasteiger partial charge on any atom is -0.370 e. The fourth-order valence-electron chi connectivity index (χ4n) is 1.28. The molecule has 0 aliphatic rings. The first kappa shape index (κ1) is 16.8. The fourth-order valence-corrected chi connectivity index (χ4v) is 1.28. The van der Waals surface area contributed by atoms with E-state index in [0.29, 0.717) is 0 Å². The minimum absolute atomic E-state index is 0.00105. The molecular formula is C10H19N5O4. The lowest BCUT2D eigenvalue weighted by Crippen LogP contribution is -2.50. The number of amides is 4. The maximum Gasteiger partial charge on any atom is 0.240 e. The van der Waals surface area contributed by atoms with Crippen molar-refractivity contribution in [2.45, 2.75) is 37.8 Å². The summed E-state index contributed by atoms with van der Waals surface area (Å²) in [6.07, 6.45) is -0.0804. The molecule has 4 amide bonds. The highest BCUT2D eigenvalue weighted by molar-refractivity contribution is 5.89. The summed E-state index contributed by atoms with van der Waals surface area (Å²) in [4.78, 5) is 43.8. The third-order valence-corrected chi connectivity index (χ3v) is 2.38. The lowest BCUT2D eigenvalue weighted by atomic mass is 10.1. The summed E-state index contributed by atoms with van der Waals surface area (Å²) in [5.74, 6) is -2.63. The highest BCUT2D eigenvalue weighted by Crippen LogP contribution is 1.99. The van der Waals surface area contributed by atoms with E-state index in [2.05, 4.69) is 5.32 Å². The van der Waals surface area contributed by atoms with E-state index in [-0.39, 0.29) is 25.7 Å². The maximum atomic E-state index is 11.6. The van der Waals surface area contributed by atoms with Crippen molar-refractivity contribution in [1.29, 1.82) is 0 Å². The fraction of sp³-hybridized carbons (Fsp3) is 0.600. The predicted octanol–water partition coefficient (Wildman–Crippen LogP) is -3.19. The zero-order valence-electron chi connectivity index (χ0n) is 10.4. The van der Waals surface area contributed by atoms with Gasteiger partial charge in [0.1, 0.15) is 6.04 Å². The summed E-state index contributed by atoms with van der Waals surface area (Å²) in [7, 11) is 0. The molecule has 0 radical (unpaired) electrons. The second-order valence-corrected chi connectivity index (χ2v) is 4.08. The van der Waals surface area contributed by atoms with Crippen LogP contribution in [-0.4, -0.2) is 35.7 Å². The Hall–Kier alpha value is -2.16. The number of primary amides is 3. The standard InChI is InChI=1S/C10H19N5O4/c11-5(1-3-7(12)16)10(19)15-6(9(14)18)2-4-8(13)17/h5-6H,1-4,11H2,(H2,12,16)(H2,13,17)(H2,14,18)(H,15,19)/t5-,6-/m0/s1. The van der Waals surface area contributed by atoms with Gasteiger partial charge in [-0.15, -0.1) is 0 Å². The Balaban J connectivity index is 4.33. The lowest BCUT2D eigenvalue weighted by molar-refractivity contribution is -0.129. The summed E-state index contributed by atoms with van der Waals surface area (Å²) in [5.41, 5.74) is 20.4. The van der Waals surface area contributed by atoms with E-state index in [1.165, 1.54) is 0 Å². The van der Waals surface area contributed by atoms with Crippen molar-refractivity contribution >= 4 is 23.6 Å². The molecule has 0 aliphatic heterocycles. The first-order valence-electron chi connectivity index (χ1n) is 5.66. The zero-order valence-corrected chi connectivity index (χ0v) is 10.4. The number of hydrogen-bond donors (Lipinski definition) is 5. The molecule has 0 bridgehead atoms. The van der Waals surface area contributed by atoms with Crippen LogP contribution in [0.1, 0.15) is 25.7 Å². The van der Waals surface area contributed by atoms with E-state index in [0.717, 1.165) is 0 Å². The molecule has 108 valence electrons. The third kappa shape index (κ3) is 7.71. The summed E-state index contributed by atoms with van der Waals surface area (Å²) in [6, 6.07) is -2.01. The first-order chi connectivity index (χ1) is 8.73. The van der Waals surface area contributed by atoms with Crippen molar-refractivity contribution in [2.24, 2.45) is 22.9 Å². The van der Waals surface area contributed by atoms with Gasteiger partial charge in [-0.2, -0.15) is 0 Å². The normalized spacial score (nSPS) is 13.3. The molecule has 0 aromatic rings. The van der Waals surface area contributed by atoms with E-state index in [1.807, 2.05) is 0 Å². The Morgan fingerprint density at radius 2 is 1.37 bits per heavy atom. The lowest BCUT2D eigenvalue weighted by Gasteiger charge is -2.17. The zero-order chi connectivity index (χ0) is 15.0. The number of carbonyl (C=O) groups is 4. The summed E-state index contributed by atoms with van der Waals surface area (Å²) in [6.45, 7) is 0. The van der Waals surface area contributed by atoms with Crippen LogP contribution in [0.3, 0.4) is 0 Å². The summed E-state index contributed by atoms with van der Waals surface area (Å²) < 4.78 is 0. The van der Waals surface area contributed by atoms with Gasteiger partial charge >= 0.3 is 0 Å². The molecule has 9 heteroatoms. The summed E-state index contributed by atoms with van der Waals surface area (Å²) >= 11 is 0. The van der Waals surface area contributed by atoms with E-state index in [9.17, 15) is 19.2 Å². The number of hydrogen-bond acceptors (Lipinski definition) is 5. The molecule has 0 saturated heterocycles. The van der Waals surface area contributed by atoms with Crippen molar-refractivity contribution in [3.63, 3.8) is 0 Å². The smallest absolute Gasteiger partial charge is 0.240 e. The topological polar surface area (TPSA) is 184 Å². The van der Waals surface area contributed by atoms with Crippen LogP contribution in [-0.2, 0) is 19.2 Å². The van der Waals surface area contributed by atoms with E-state index in [4.69, 9.17) is 22.9 Å². The Morgan fingerprint density at radius 3 is 1.79 bits per heavy atom. The van der Waals surface area contributed by atoms with Crippen LogP contribution >= 0.6 is 0 Å². The Morgan fingerprint density at radius 1 is 0.895 bits per heavy atom. The van der Waals surface area contributed by atoms with Crippen molar-refractivity contribution in [3.8, 4) is 0 Å². The van der Waals surface area contributed by atoms with Gasteiger partial charge in [0.2, 0.25) is 23.6 Å². The van der Waals surface area contributed by atoms with Gasteiger partial charge in [0.15, 0.2) is 0 Å². The van der Waals surface area contributed by atoms with Crippen molar-refractivity contribution < 1.29 is 19.2 Å². The quantitative estimate of drug-likeness (QED) is 0.296. The van der Waals surface area contributed by atoms with Crippen LogP contribution in [0, 0.1) is 0 Å². The first-order valence-corrected chi connectivity index (χ1v) is 5.66. The highest BCUT2D eigenvalue weighted by Gasteiger charge is 2.22. The molecule has 0 rings (SSSR count). The van der Waals surface area contributed by atoms with Gasteiger partial charge in [-0.1, -0.05) is 0 Å². The largest absolute Gasteiger partial charge is 0.370 e. The predicted molar refractivity (Wildman–Crippen MR) is 66.0 cm³/mol. The molecule has 0 fully saturated rings. The molecule has 0 aliphatic carbocycles.